The van der Waals surface area contributed by atoms with E-state index in [1.165, 1.54) is 11.8 Å². The molecular formula is C22H16N4OS2. The molecule has 1 amide bonds. The molecule has 2 heterocycles. The van der Waals surface area contributed by atoms with Crippen molar-refractivity contribution in [3.05, 3.63) is 71.9 Å². The molecule has 5 nitrogen and oxygen atoms in total. The van der Waals surface area contributed by atoms with Crippen molar-refractivity contribution in [3.8, 4) is 17.2 Å². The minimum absolute atomic E-state index is 0.122. The van der Waals surface area contributed by atoms with Crippen LogP contribution in [0.3, 0.4) is 0 Å². The van der Waals surface area contributed by atoms with Crippen LogP contribution in [0.1, 0.15) is 12.5 Å². The molecule has 2 aromatic heterocycles. The highest BCUT2D eigenvalue weighted by Gasteiger charge is 2.20. The Balaban J connectivity index is 1.57. The maximum absolute atomic E-state index is 12.7. The first kappa shape index (κ1) is 19.1. The van der Waals surface area contributed by atoms with Crippen molar-refractivity contribution in [2.75, 3.05) is 5.32 Å². The molecule has 0 saturated heterocycles. The van der Waals surface area contributed by atoms with Crippen molar-refractivity contribution in [1.82, 2.24) is 9.97 Å². The van der Waals surface area contributed by atoms with Gasteiger partial charge in [-0.3, -0.25) is 4.79 Å². The highest BCUT2D eigenvalue weighted by molar-refractivity contribution is 8.00. The zero-order valence-corrected chi connectivity index (χ0v) is 17.1. The number of rotatable bonds is 5. The summed E-state index contributed by atoms with van der Waals surface area (Å²) < 4.78 is 0. The van der Waals surface area contributed by atoms with Crippen molar-refractivity contribution in [2.24, 2.45) is 0 Å². The van der Waals surface area contributed by atoms with Crippen LogP contribution in [0.4, 0.5) is 5.69 Å². The number of amides is 1. The highest BCUT2D eigenvalue weighted by atomic mass is 32.2. The third-order valence-corrected chi connectivity index (χ3v) is 6.35. The number of nitrogens with zero attached hydrogens (tertiary/aromatic N) is 3. The molecule has 0 radical (unpaired) electrons. The first-order chi connectivity index (χ1) is 14.2. The lowest BCUT2D eigenvalue weighted by Gasteiger charge is -2.12. The summed E-state index contributed by atoms with van der Waals surface area (Å²) in [5.41, 5.74) is 3.40. The van der Waals surface area contributed by atoms with Gasteiger partial charge in [0.15, 0.2) is 0 Å². The van der Waals surface area contributed by atoms with Gasteiger partial charge >= 0.3 is 0 Å². The van der Waals surface area contributed by atoms with Gasteiger partial charge in [0, 0.05) is 16.6 Å². The molecule has 0 fully saturated rings. The van der Waals surface area contributed by atoms with E-state index in [0.717, 1.165) is 26.4 Å². The van der Waals surface area contributed by atoms with E-state index in [2.05, 4.69) is 38.9 Å². The van der Waals surface area contributed by atoms with Crippen LogP contribution in [0, 0.1) is 11.3 Å². The summed E-state index contributed by atoms with van der Waals surface area (Å²) >= 11 is 2.99. The quantitative estimate of drug-likeness (QED) is 0.350. The topological polar surface area (TPSA) is 78.7 Å². The number of thioether (sulfide) groups is 1. The van der Waals surface area contributed by atoms with Gasteiger partial charge < -0.3 is 5.32 Å². The van der Waals surface area contributed by atoms with Gasteiger partial charge in [0.05, 0.1) is 22.3 Å². The molecule has 1 atom stereocenters. The molecule has 29 heavy (non-hydrogen) atoms. The smallest absolute Gasteiger partial charge is 0.237 e. The van der Waals surface area contributed by atoms with Gasteiger partial charge in [0.1, 0.15) is 16.2 Å². The Morgan fingerprint density at radius 3 is 2.62 bits per heavy atom. The number of carbonyl (C=O) groups is 1. The van der Waals surface area contributed by atoms with Gasteiger partial charge in [-0.2, -0.15) is 5.26 Å². The number of carbonyl (C=O) groups excluding carboxylic acids is 1. The van der Waals surface area contributed by atoms with E-state index in [0.29, 0.717) is 11.3 Å². The Kier molecular flexibility index (Phi) is 5.56. The number of thiophene rings is 1. The van der Waals surface area contributed by atoms with Gasteiger partial charge in [-0.05, 0) is 36.8 Å². The highest BCUT2D eigenvalue weighted by Crippen LogP contribution is 2.38. The van der Waals surface area contributed by atoms with E-state index in [1.807, 2.05) is 25.1 Å². The second kappa shape index (κ2) is 8.43. The molecule has 4 aromatic rings. The van der Waals surface area contributed by atoms with Gasteiger partial charge in [-0.1, -0.05) is 42.1 Å². The number of benzene rings is 2. The fourth-order valence-electron chi connectivity index (χ4n) is 2.86. The molecule has 0 bridgehead atoms. The van der Waals surface area contributed by atoms with Crippen molar-refractivity contribution >= 4 is 44.9 Å². The third-order valence-electron chi connectivity index (χ3n) is 4.36. The lowest BCUT2D eigenvalue weighted by molar-refractivity contribution is -0.115. The summed E-state index contributed by atoms with van der Waals surface area (Å²) in [7, 11) is 0. The number of fused-ring (bicyclic) bond motifs is 1. The minimum Gasteiger partial charge on any atom is -0.325 e. The number of nitriles is 1. The standard InChI is InChI=1S/C22H16N4OS2/c1-14(20(27)26-17-9-7-15(11-23)8-10-17)29-22-19-18(16-5-3-2-4-6-16)12-28-21(19)24-13-25-22/h2-10,12-14H,1H3,(H,26,27). The van der Waals surface area contributed by atoms with Crippen LogP contribution in [0.15, 0.2) is 71.3 Å². The van der Waals surface area contributed by atoms with Crippen LogP contribution in [0.25, 0.3) is 21.3 Å². The summed E-state index contributed by atoms with van der Waals surface area (Å²) in [6.07, 6.45) is 1.54. The molecule has 2 aromatic carbocycles. The predicted octanol–water partition coefficient (Wildman–Crippen LogP) is 5.35. The van der Waals surface area contributed by atoms with Crippen molar-refractivity contribution in [1.29, 1.82) is 5.26 Å². The van der Waals surface area contributed by atoms with Gasteiger partial charge in [-0.25, -0.2) is 9.97 Å². The summed E-state index contributed by atoms with van der Waals surface area (Å²) in [6.45, 7) is 1.85. The molecule has 142 valence electrons. The maximum Gasteiger partial charge on any atom is 0.237 e. The third kappa shape index (κ3) is 4.14. The van der Waals surface area contributed by atoms with E-state index in [9.17, 15) is 4.79 Å². The molecule has 0 aliphatic rings. The van der Waals surface area contributed by atoms with E-state index < -0.39 is 0 Å². The number of nitrogens with one attached hydrogen (secondary N) is 1. The summed E-state index contributed by atoms with van der Waals surface area (Å²) in [5, 5.41) is 15.3. The minimum atomic E-state index is -0.354. The lowest BCUT2D eigenvalue weighted by Crippen LogP contribution is -2.22. The average Bonchev–Trinajstić information content (AvgIpc) is 3.20. The Morgan fingerprint density at radius 1 is 1.14 bits per heavy atom. The Bertz CT molecular complexity index is 1200. The number of aromatic nitrogens is 2. The molecule has 7 heteroatoms. The Morgan fingerprint density at radius 2 is 1.90 bits per heavy atom. The lowest BCUT2D eigenvalue weighted by atomic mass is 10.1. The van der Waals surface area contributed by atoms with Crippen LogP contribution < -0.4 is 5.32 Å². The summed E-state index contributed by atoms with van der Waals surface area (Å²) in [6, 6.07) is 19.0. The van der Waals surface area contributed by atoms with Crippen LogP contribution in [-0.4, -0.2) is 21.1 Å². The molecule has 0 aliphatic heterocycles. The zero-order valence-electron chi connectivity index (χ0n) is 15.5. The van der Waals surface area contributed by atoms with E-state index in [1.54, 1.807) is 41.9 Å². The van der Waals surface area contributed by atoms with Crippen LogP contribution in [0.2, 0.25) is 0 Å². The van der Waals surface area contributed by atoms with E-state index in [4.69, 9.17) is 5.26 Å². The monoisotopic (exact) mass is 416 g/mol. The Hall–Kier alpha value is -3.21. The van der Waals surface area contributed by atoms with Crippen molar-refractivity contribution in [3.63, 3.8) is 0 Å². The van der Waals surface area contributed by atoms with E-state index in [-0.39, 0.29) is 11.2 Å². The molecular weight excluding hydrogens is 400 g/mol. The molecule has 0 aliphatic carbocycles. The van der Waals surface area contributed by atoms with Crippen LogP contribution in [-0.2, 0) is 4.79 Å². The van der Waals surface area contributed by atoms with Gasteiger partial charge in [-0.15, -0.1) is 11.3 Å². The average molecular weight is 417 g/mol. The molecule has 1 unspecified atom stereocenters. The molecule has 0 saturated carbocycles. The summed E-state index contributed by atoms with van der Waals surface area (Å²) in [4.78, 5) is 22.4. The van der Waals surface area contributed by atoms with Gasteiger partial charge in [0.2, 0.25) is 5.91 Å². The van der Waals surface area contributed by atoms with Crippen LogP contribution >= 0.6 is 23.1 Å². The Labute approximate surface area is 176 Å². The largest absolute Gasteiger partial charge is 0.325 e. The SMILES string of the molecule is CC(Sc1ncnc2scc(-c3ccccc3)c12)C(=O)Nc1ccc(C#N)cc1. The zero-order chi connectivity index (χ0) is 20.2. The van der Waals surface area contributed by atoms with E-state index >= 15 is 0 Å². The maximum atomic E-state index is 12.7. The molecule has 0 spiro atoms. The second-order valence-electron chi connectivity index (χ2n) is 6.31. The predicted molar refractivity (Wildman–Crippen MR) is 118 cm³/mol. The number of anilines is 1. The first-order valence-electron chi connectivity index (χ1n) is 8.91. The van der Waals surface area contributed by atoms with Crippen molar-refractivity contribution < 1.29 is 4.79 Å². The van der Waals surface area contributed by atoms with Crippen molar-refractivity contribution in [2.45, 2.75) is 17.2 Å². The van der Waals surface area contributed by atoms with Gasteiger partial charge in [0.25, 0.3) is 0 Å². The fourth-order valence-corrected chi connectivity index (χ4v) is 4.77. The fraction of sp³-hybridized carbons (Fsp3) is 0.0909. The van der Waals surface area contributed by atoms with Crippen LogP contribution in [0.5, 0.6) is 0 Å². The normalized spacial score (nSPS) is 11.7. The summed E-state index contributed by atoms with van der Waals surface area (Å²) in [5.74, 6) is -0.122. The first-order valence-corrected chi connectivity index (χ1v) is 10.7. The number of hydrogen-bond acceptors (Lipinski definition) is 6. The molecule has 1 N–H and O–H groups in total. The second-order valence-corrected chi connectivity index (χ2v) is 8.50. The number of hydrogen-bond donors (Lipinski definition) is 1. The molecule has 4 rings (SSSR count).